The Bertz CT molecular complexity index is 0. The molecule has 0 unspecified atom stereocenters. The van der Waals surface area contributed by atoms with Crippen LogP contribution in [0.2, 0.25) is 0 Å². The second-order valence-electron chi connectivity index (χ2n) is 0. The largest absolute Gasteiger partial charge is 0 e. The quantitative estimate of drug-likeness (QED) is 0.370. The Kier molecular flexibility index (Phi) is 0. The predicted molar refractivity (Wildman–Crippen MR) is 13.0 cm³/mol. The molecule has 0 aromatic carbocycles. The third-order valence-corrected chi connectivity index (χ3v) is 0. The summed E-state index contributed by atoms with van der Waals surface area (Å²) in [5.41, 5.74) is 0. The Balaban J connectivity index is 0. The summed E-state index contributed by atoms with van der Waals surface area (Å²) >= 11 is 0. The van der Waals surface area contributed by atoms with E-state index >= 15 is 0 Å². The van der Waals surface area contributed by atoms with Crippen molar-refractivity contribution in [2.24, 2.45) is 0 Å². The molecule has 0 amide bonds. The third-order valence-electron chi connectivity index (χ3n) is 0. The van der Waals surface area contributed by atoms with Crippen molar-refractivity contribution >= 4 is 0 Å². The van der Waals surface area contributed by atoms with Gasteiger partial charge in [-0.3, -0.25) is 0 Å². The molecule has 0 saturated carbocycles. The lowest BCUT2D eigenvalue weighted by molar-refractivity contribution is 3.24. The molecule has 0 bridgehead atoms. The SMILES string of the molecule is [C].[C].[C].[C]. The fourth-order valence-corrected chi connectivity index (χ4v) is 0. The average Bonchev–Trinajstić information content (AvgIpc) is 0. The maximum absolute atomic E-state index is 0. The van der Waals surface area contributed by atoms with Gasteiger partial charge < -0.3 is 0 Å². The second-order valence-corrected chi connectivity index (χ2v) is 0. The van der Waals surface area contributed by atoms with Gasteiger partial charge in [-0.05, 0) is 0 Å². The molecule has 16 valence electrons. The van der Waals surface area contributed by atoms with E-state index in [1.54, 1.807) is 0 Å². The summed E-state index contributed by atoms with van der Waals surface area (Å²) in [5.74, 6) is 0. The normalized spacial score (nSPS) is 0. The fraction of sp³-hybridized carbons (Fsp3) is 0. The molecule has 16 radical (unpaired) electrons. The molecular weight excluding hydrogens is 48.0 g/mol. The van der Waals surface area contributed by atoms with Crippen molar-refractivity contribution in [2.45, 2.75) is 0 Å². The molecule has 0 nitrogen and oxygen atoms in total. The van der Waals surface area contributed by atoms with Crippen LogP contribution >= 0.6 is 0 Å². The van der Waals surface area contributed by atoms with Gasteiger partial charge in [0, 0.05) is 29.7 Å². The Morgan fingerprint density at radius 2 is 0.250 bits per heavy atom. The van der Waals surface area contributed by atoms with E-state index in [9.17, 15) is 0 Å². The first-order valence-electron chi connectivity index (χ1n) is 0. The molecule has 0 aromatic rings. The molecule has 0 N–H and O–H groups in total. The lowest BCUT2D eigenvalue weighted by atomic mass is 12.0. The summed E-state index contributed by atoms with van der Waals surface area (Å²) in [6.45, 7) is 0. The van der Waals surface area contributed by atoms with Crippen molar-refractivity contribution < 1.29 is 0 Å². The van der Waals surface area contributed by atoms with Crippen LogP contribution in [0.4, 0.5) is 0 Å². The van der Waals surface area contributed by atoms with Crippen molar-refractivity contribution in [3.05, 3.63) is 29.7 Å². The lowest BCUT2D eigenvalue weighted by Gasteiger charge is -0.00100. The van der Waals surface area contributed by atoms with Gasteiger partial charge in [-0.2, -0.15) is 0 Å². The van der Waals surface area contributed by atoms with Crippen LogP contribution in [0.5, 0.6) is 0 Å². The van der Waals surface area contributed by atoms with Crippen LogP contribution in [-0.2, 0) is 0 Å². The first-order chi connectivity index (χ1) is 0. The zero-order valence-electron chi connectivity index (χ0n) is 2.00. The van der Waals surface area contributed by atoms with E-state index in [1.165, 1.54) is 0 Å². The first kappa shape index (κ1) is 0. The van der Waals surface area contributed by atoms with Gasteiger partial charge in [-0.1, -0.05) is 0 Å². The molecule has 0 aliphatic rings. The van der Waals surface area contributed by atoms with Gasteiger partial charge in [-0.25, -0.2) is 0 Å². The molecule has 0 aliphatic heterocycles. The van der Waals surface area contributed by atoms with Crippen molar-refractivity contribution in [3.8, 4) is 0 Å². The minimum absolute atomic E-state index is 0. The van der Waals surface area contributed by atoms with E-state index in [0.29, 0.717) is 0 Å². The zero-order valence-corrected chi connectivity index (χ0v) is 2.00. The molecule has 0 heteroatoms. The van der Waals surface area contributed by atoms with Gasteiger partial charge in [0.1, 0.15) is 0 Å². The fourth-order valence-electron chi connectivity index (χ4n) is 0. The van der Waals surface area contributed by atoms with E-state index < -0.39 is 0 Å². The molecule has 0 aliphatic carbocycles. The number of rotatable bonds is 0. The van der Waals surface area contributed by atoms with Crippen molar-refractivity contribution in [1.82, 2.24) is 0 Å². The van der Waals surface area contributed by atoms with Crippen LogP contribution < -0.4 is 0 Å². The van der Waals surface area contributed by atoms with Gasteiger partial charge in [-0.15, -0.1) is 0 Å². The Morgan fingerprint density at radius 3 is 0.250 bits per heavy atom. The predicted octanol–water partition coefficient (Wildman–Crippen LogP) is 0.325. The van der Waals surface area contributed by atoms with Crippen LogP contribution in [0.25, 0.3) is 0 Å². The van der Waals surface area contributed by atoms with Gasteiger partial charge in [0.25, 0.3) is 0 Å². The highest BCUT2D eigenvalue weighted by molar-refractivity contribution is 3.25. The summed E-state index contributed by atoms with van der Waals surface area (Å²) in [6.07, 6.45) is 0. The molecule has 0 atom stereocenters. The Morgan fingerprint density at radius 1 is 0.250 bits per heavy atom. The highest BCUT2D eigenvalue weighted by Crippen LogP contribution is 0.0843. The van der Waals surface area contributed by atoms with Crippen molar-refractivity contribution in [1.29, 1.82) is 0 Å². The van der Waals surface area contributed by atoms with E-state index in [-0.39, 0.29) is 29.7 Å². The van der Waals surface area contributed by atoms with Crippen LogP contribution in [0.15, 0.2) is 0 Å². The average molecular weight is 48.0 g/mol. The smallest absolute Gasteiger partial charge is 0 e. The highest BCUT2D eigenvalue weighted by atomic mass is 12.0. The van der Waals surface area contributed by atoms with Crippen molar-refractivity contribution in [2.75, 3.05) is 0 Å². The summed E-state index contributed by atoms with van der Waals surface area (Å²) in [5, 5.41) is 0. The summed E-state index contributed by atoms with van der Waals surface area (Å²) in [6, 6.07) is 0. The minimum atomic E-state index is 0. The van der Waals surface area contributed by atoms with Crippen LogP contribution in [0.1, 0.15) is 0 Å². The summed E-state index contributed by atoms with van der Waals surface area (Å²) < 4.78 is 0. The van der Waals surface area contributed by atoms with E-state index in [2.05, 4.69) is 0 Å². The summed E-state index contributed by atoms with van der Waals surface area (Å²) in [7, 11) is 0. The number of hydrogen-bond donors (Lipinski definition) is 0. The molecule has 0 spiro atoms. The zero-order chi connectivity index (χ0) is 0. The first-order valence-corrected chi connectivity index (χ1v) is 0. The molecule has 0 aromatic heterocycles. The van der Waals surface area contributed by atoms with Gasteiger partial charge in [0.15, 0.2) is 0 Å². The van der Waals surface area contributed by atoms with E-state index in [0.717, 1.165) is 0 Å². The Hall–Kier alpha value is 0. The van der Waals surface area contributed by atoms with Crippen molar-refractivity contribution in [3.63, 3.8) is 0 Å². The van der Waals surface area contributed by atoms with Gasteiger partial charge in [0.2, 0.25) is 0 Å². The Labute approximate surface area is 30.9 Å². The van der Waals surface area contributed by atoms with Crippen LogP contribution in [0.3, 0.4) is 0 Å². The molecule has 0 saturated heterocycles. The maximum Gasteiger partial charge on any atom is 0 e. The number of hydrogen-bond acceptors (Lipinski definition) is 0. The molecule has 4 heavy (non-hydrogen) atoms. The topological polar surface area (TPSA) is 0 Å². The van der Waals surface area contributed by atoms with Gasteiger partial charge in [0.05, 0.1) is 0 Å². The maximum atomic E-state index is 0. The second kappa shape index (κ2) is 0. The summed E-state index contributed by atoms with van der Waals surface area (Å²) in [4.78, 5) is 0. The molecule has 0 rings (SSSR count). The molecule has 0 heterocycles. The van der Waals surface area contributed by atoms with Crippen LogP contribution in [0, 0.1) is 29.7 Å². The third kappa shape index (κ3) is 0. The van der Waals surface area contributed by atoms with E-state index in [1.807, 2.05) is 0 Å². The minimum Gasteiger partial charge on any atom is 0 e. The van der Waals surface area contributed by atoms with Gasteiger partial charge >= 0.3 is 0 Å². The lowest BCUT2D eigenvalue weighted by Crippen LogP contribution is 0.0803. The van der Waals surface area contributed by atoms with Crippen LogP contribution in [-0.4, -0.2) is 0 Å². The highest BCUT2D eigenvalue weighted by Gasteiger charge is 0.00300. The monoisotopic (exact) mass is 48.0 g/mol. The molecule has 0 fully saturated rings. The standard InChI is InChI=1S/4C. The van der Waals surface area contributed by atoms with E-state index in [4.69, 9.17) is 0 Å². The molecular formula is C4.